The summed E-state index contributed by atoms with van der Waals surface area (Å²) in [6.07, 6.45) is 0. The lowest BCUT2D eigenvalue weighted by molar-refractivity contribution is 0.660. The summed E-state index contributed by atoms with van der Waals surface area (Å²) < 4.78 is 12.4. The van der Waals surface area contributed by atoms with Crippen molar-refractivity contribution >= 4 is 43.9 Å². The van der Waals surface area contributed by atoms with Crippen LogP contribution in [0.15, 0.2) is 185 Å². The van der Waals surface area contributed by atoms with Crippen LogP contribution in [0.1, 0.15) is 25.0 Å². The molecule has 0 fully saturated rings. The smallest absolute Gasteiger partial charge is 0.164 e. The van der Waals surface area contributed by atoms with Crippen molar-refractivity contribution < 1.29 is 8.83 Å². The maximum Gasteiger partial charge on any atom is 0.164 e. The molecular formula is C54H35N3O2. The van der Waals surface area contributed by atoms with Crippen molar-refractivity contribution in [3.63, 3.8) is 0 Å². The quantitative estimate of drug-likeness (QED) is 0.175. The molecule has 0 amide bonds. The number of hydrogen-bond acceptors (Lipinski definition) is 5. The summed E-state index contributed by atoms with van der Waals surface area (Å²) in [5.74, 6) is 1.88. The van der Waals surface area contributed by atoms with Gasteiger partial charge in [-0.2, -0.15) is 0 Å². The Labute approximate surface area is 340 Å². The molecule has 278 valence electrons. The van der Waals surface area contributed by atoms with Gasteiger partial charge in [0.05, 0.1) is 0 Å². The Hall–Kier alpha value is -7.63. The average molecular weight is 758 g/mol. The number of furan rings is 2. The normalized spacial score (nSPS) is 13.1. The van der Waals surface area contributed by atoms with Crippen molar-refractivity contribution in [2.24, 2.45) is 0 Å². The molecule has 8 aromatic carbocycles. The van der Waals surface area contributed by atoms with Gasteiger partial charge in [0.2, 0.25) is 0 Å². The Kier molecular flexibility index (Phi) is 7.20. The van der Waals surface area contributed by atoms with E-state index in [1.165, 1.54) is 22.3 Å². The van der Waals surface area contributed by atoms with Crippen LogP contribution in [0.4, 0.5) is 0 Å². The fourth-order valence-electron chi connectivity index (χ4n) is 9.13. The van der Waals surface area contributed by atoms with Crippen LogP contribution >= 0.6 is 0 Å². The van der Waals surface area contributed by atoms with Crippen LogP contribution in [-0.4, -0.2) is 15.0 Å². The van der Waals surface area contributed by atoms with E-state index >= 15 is 0 Å². The molecule has 0 N–H and O–H groups in total. The standard InChI is InChI=1S/C54H35N3O2/c1-54(2)44-14-6-3-12-42(44)50-43(13-9-15-45(50)54)53-56-51(34-22-18-32(19-23-34)36-26-28-40-38-10-4-7-16-46(38)58-48(40)30-36)55-52(57-53)35-24-20-33(21-25-35)37-27-29-41-39-11-5-8-17-47(39)59-49(41)31-37/h3-31H,1-2H3. The molecule has 11 aromatic rings. The number of fused-ring (bicyclic) bond motifs is 9. The fraction of sp³-hybridized carbons (Fsp3) is 0.0556. The van der Waals surface area contributed by atoms with Gasteiger partial charge in [-0.1, -0.05) is 153 Å². The highest BCUT2D eigenvalue weighted by molar-refractivity contribution is 6.07. The van der Waals surface area contributed by atoms with E-state index in [0.29, 0.717) is 17.5 Å². The first-order chi connectivity index (χ1) is 29.0. The third-order valence-electron chi connectivity index (χ3n) is 12.2. The minimum atomic E-state index is -0.150. The van der Waals surface area contributed by atoms with Crippen LogP contribution in [0.2, 0.25) is 0 Å². The van der Waals surface area contributed by atoms with Gasteiger partial charge in [-0.3, -0.25) is 0 Å². The summed E-state index contributed by atoms with van der Waals surface area (Å²) in [6, 6.07) is 61.4. The van der Waals surface area contributed by atoms with Crippen LogP contribution < -0.4 is 0 Å². The van der Waals surface area contributed by atoms with Gasteiger partial charge >= 0.3 is 0 Å². The van der Waals surface area contributed by atoms with Gasteiger partial charge < -0.3 is 8.83 Å². The topological polar surface area (TPSA) is 65.0 Å². The predicted molar refractivity (Wildman–Crippen MR) is 239 cm³/mol. The molecule has 0 saturated carbocycles. The van der Waals surface area contributed by atoms with Gasteiger partial charge in [0.1, 0.15) is 22.3 Å². The maximum absolute atomic E-state index is 6.21. The highest BCUT2D eigenvalue weighted by Gasteiger charge is 2.37. The lowest BCUT2D eigenvalue weighted by atomic mass is 9.82. The van der Waals surface area contributed by atoms with E-state index in [2.05, 4.69) is 153 Å². The second-order valence-corrected chi connectivity index (χ2v) is 16.0. The highest BCUT2D eigenvalue weighted by atomic mass is 16.3. The molecule has 0 radical (unpaired) electrons. The zero-order valence-electron chi connectivity index (χ0n) is 32.4. The lowest BCUT2D eigenvalue weighted by Gasteiger charge is -2.21. The van der Waals surface area contributed by atoms with Crippen molar-refractivity contribution in [2.75, 3.05) is 0 Å². The van der Waals surface area contributed by atoms with Crippen molar-refractivity contribution in [1.82, 2.24) is 15.0 Å². The predicted octanol–water partition coefficient (Wildman–Crippen LogP) is 14.3. The molecule has 0 aliphatic heterocycles. The van der Waals surface area contributed by atoms with Crippen LogP contribution in [-0.2, 0) is 5.41 Å². The summed E-state index contributed by atoms with van der Waals surface area (Å²) in [6.45, 7) is 4.60. The van der Waals surface area contributed by atoms with E-state index in [-0.39, 0.29) is 5.41 Å². The van der Waals surface area contributed by atoms with E-state index in [0.717, 1.165) is 82.8 Å². The van der Waals surface area contributed by atoms with Gasteiger partial charge in [-0.25, -0.2) is 15.0 Å². The molecule has 59 heavy (non-hydrogen) atoms. The molecule has 3 heterocycles. The van der Waals surface area contributed by atoms with Crippen molar-refractivity contribution in [3.05, 3.63) is 187 Å². The van der Waals surface area contributed by atoms with Crippen LogP contribution in [0.3, 0.4) is 0 Å². The molecule has 0 unspecified atom stereocenters. The number of para-hydroxylation sites is 2. The summed E-state index contributed by atoms with van der Waals surface area (Å²) in [4.78, 5) is 15.6. The molecular weight excluding hydrogens is 723 g/mol. The van der Waals surface area contributed by atoms with Crippen molar-refractivity contribution in [2.45, 2.75) is 19.3 Å². The van der Waals surface area contributed by atoms with Crippen molar-refractivity contribution in [3.8, 4) is 67.5 Å². The SMILES string of the molecule is CC1(C)c2ccccc2-c2c(-c3nc(-c4ccc(-c5ccc6c(c5)oc5ccccc56)cc4)nc(-c4ccc(-c5ccc6c(c5)oc5ccccc56)cc4)n3)cccc21. The van der Waals surface area contributed by atoms with E-state index < -0.39 is 0 Å². The number of nitrogens with zero attached hydrogens (tertiary/aromatic N) is 3. The minimum Gasteiger partial charge on any atom is -0.456 e. The summed E-state index contributed by atoms with van der Waals surface area (Å²) in [5, 5.41) is 4.48. The maximum atomic E-state index is 6.21. The Morgan fingerprint density at radius 3 is 1.34 bits per heavy atom. The second-order valence-electron chi connectivity index (χ2n) is 16.0. The number of aromatic nitrogens is 3. The monoisotopic (exact) mass is 757 g/mol. The van der Waals surface area contributed by atoms with Crippen LogP contribution in [0.5, 0.6) is 0 Å². The summed E-state index contributed by atoms with van der Waals surface area (Å²) in [7, 11) is 0. The molecule has 0 atom stereocenters. The Balaban J connectivity index is 0.963. The Morgan fingerprint density at radius 1 is 0.339 bits per heavy atom. The second kappa shape index (κ2) is 12.7. The molecule has 3 aromatic heterocycles. The van der Waals surface area contributed by atoms with Gasteiger partial charge in [0.15, 0.2) is 17.5 Å². The van der Waals surface area contributed by atoms with E-state index in [1.807, 2.05) is 36.4 Å². The third kappa shape index (κ3) is 5.28. The van der Waals surface area contributed by atoms with Crippen LogP contribution in [0.25, 0.3) is 111 Å². The average Bonchev–Trinajstić information content (AvgIpc) is 3.93. The van der Waals surface area contributed by atoms with E-state index in [4.69, 9.17) is 23.8 Å². The largest absolute Gasteiger partial charge is 0.456 e. The summed E-state index contributed by atoms with van der Waals surface area (Å²) in [5.41, 5.74) is 15.5. The van der Waals surface area contributed by atoms with Crippen LogP contribution in [0, 0.1) is 0 Å². The number of benzene rings is 8. The first-order valence-electron chi connectivity index (χ1n) is 20.0. The molecule has 5 nitrogen and oxygen atoms in total. The van der Waals surface area contributed by atoms with Gasteiger partial charge in [0.25, 0.3) is 0 Å². The number of hydrogen-bond donors (Lipinski definition) is 0. The summed E-state index contributed by atoms with van der Waals surface area (Å²) >= 11 is 0. The Morgan fingerprint density at radius 2 is 0.763 bits per heavy atom. The molecule has 5 heteroatoms. The molecule has 0 spiro atoms. The first kappa shape index (κ1) is 33.5. The zero-order chi connectivity index (χ0) is 39.2. The van der Waals surface area contributed by atoms with Gasteiger partial charge in [-0.05, 0) is 80.9 Å². The Bertz CT molecular complexity index is 3290. The molecule has 1 aliphatic carbocycles. The molecule has 1 aliphatic rings. The van der Waals surface area contributed by atoms with Crippen molar-refractivity contribution in [1.29, 1.82) is 0 Å². The minimum absolute atomic E-state index is 0.150. The zero-order valence-corrected chi connectivity index (χ0v) is 32.4. The first-order valence-corrected chi connectivity index (χ1v) is 20.0. The lowest BCUT2D eigenvalue weighted by Crippen LogP contribution is -2.14. The molecule has 0 saturated heterocycles. The highest BCUT2D eigenvalue weighted by Crippen LogP contribution is 2.51. The van der Waals surface area contributed by atoms with E-state index in [9.17, 15) is 0 Å². The number of rotatable bonds is 5. The molecule has 12 rings (SSSR count). The van der Waals surface area contributed by atoms with Gasteiger partial charge in [0, 0.05) is 43.7 Å². The van der Waals surface area contributed by atoms with E-state index in [1.54, 1.807) is 0 Å². The van der Waals surface area contributed by atoms with Gasteiger partial charge in [-0.15, -0.1) is 0 Å². The molecule has 0 bridgehead atoms. The fourth-order valence-corrected chi connectivity index (χ4v) is 9.13. The third-order valence-corrected chi connectivity index (χ3v) is 12.2.